The van der Waals surface area contributed by atoms with Crippen LogP contribution in [0.4, 0.5) is 4.39 Å². The molecular weight excluding hydrogens is 259 g/mol. The number of pyridine rings is 1. The highest BCUT2D eigenvalue weighted by Crippen LogP contribution is 2.18. The van der Waals surface area contributed by atoms with Gasteiger partial charge in [0.2, 0.25) is 5.88 Å². The summed E-state index contributed by atoms with van der Waals surface area (Å²) in [6, 6.07) is 10.7. The van der Waals surface area contributed by atoms with Crippen molar-refractivity contribution >= 4 is 0 Å². The summed E-state index contributed by atoms with van der Waals surface area (Å²) in [5, 5.41) is 12.6. The van der Waals surface area contributed by atoms with Gasteiger partial charge >= 0.3 is 0 Å². The number of methoxy groups -OCH3 is 1. The lowest BCUT2D eigenvalue weighted by Crippen LogP contribution is -2.24. The molecule has 1 aromatic carbocycles. The Bertz CT molecular complexity index is 549. The van der Waals surface area contributed by atoms with Crippen molar-refractivity contribution in [2.45, 2.75) is 12.6 Å². The minimum Gasteiger partial charge on any atom is -0.481 e. The quantitative estimate of drug-likeness (QED) is 0.848. The molecule has 0 fully saturated rings. The van der Waals surface area contributed by atoms with E-state index in [0.29, 0.717) is 18.0 Å². The number of halogens is 1. The maximum Gasteiger partial charge on any atom is 0.217 e. The Morgan fingerprint density at radius 3 is 2.75 bits per heavy atom. The highest BCUT2D eigenvalue weighted by atomic mass is 19.1. The molecule has 0 radical (unpaired) electrons. The minimum atomic E-state index is -0.414. The first-order chi connectivity index (χ1) is 9.74. The molecule has 2 aromatic rings. The smallest absolute Gasteiger partial charge is 0.217 e. The molecule has 0 aliphatic carbocycles. The van der Waals surface area contributed by atoms with Crippen molar-refractivity contribution in [3.63, 3.8) is 0 Å². The molecule has 0 spiro atoms. The van der Waals surface area contributed by atoms with Gasteiger partial charge in [-0.25, -0.2) is 9.37 Å². The third kappa shape index (κ3) is 3.53. The number of ether oxygens (including phenoxy) is 1. The Morgan fingerprint density at radius 2 is 2.10 bits per heavy atom. The summed E-state index contributed by atoms with van der Waals surface area (Å²) in [6.45, 7) is 0.309. The molecule has 5 heteroatoms. The van der Waals surface area contributed by atoms with Crippen LogP contribution in [-0.4, -0.2) is 23.8 Å². The first-order valence-electron chi connectivity index (χ1n) is 6.32. The number of hydrogen-bond acceptors (Lipinski definition) is 4. The van der Waals surface area contributed by atoms with E-state index in [1.807, 2.05) is 30.3 Å². The summed E-state index contributed by atoms with van der Waals surface area (Å²) in [6.07, 6.45) is 1.11. The summed E-state index contributed by atoms with van der Waals surface area (Å²) in [5.74, 6) is -0.0356. The number of benzene rings is 1. The fourth-order valence-corrected chi connectivity index (χ4v) is 1.99. The van der Waals surface area contributed by atoms with Crippen LogP contribution in [0.2, 0.25) is 0 Å². The van der Waals surface area contributed by atoms with Crippen molar-refractivity contribution in [1.29, 1.82) is 0 Å². The van der Waals surface area contributed by atoms with Gasteiger partial charge in [-0.3, -0.25) is 0 Å². The molecule has 1 atom stereocenters. The zero-order valence-corrected chi connectivity index (χ0v) is 11.2. The predicted molar refractivity (Wildman–Crippen MR) is 73.9 cm³/mol. The lowest BCUT2D eigenvalue weighted by Gasteiger charge is -2.17. The number of nitrogens with one attached hydrogen (secondary N) is 1. The predicted octanol–water partition coefficient (Wildman–Crippen LogP) is 2.05. The molecule has 0 saturated heterocycles. The molecule has 0 aliphatic heterocycles. The second-order valence-electron chi connectivity index (χ2n) is 4.35. The monoisotopic (exact) mass is 276 g/mol. The van der Waals surface area contributed by atoms with E-state index in [9.17, 15) is 9.50 Å². The third-order valence-electron chi connectivity index (χ3n) is 3.01. The van der Waals surface area contributed by atoms with Crippen molar-refractivity contribution in [3.8, 4) is 5.88 Å². The average Bonchev–Trinajstić information content (AvgIpc) is 2.49. The lowest BCUT2D eigenvalue weighted by atomic mass is 10.1. The number of rotatable bonds is 6. The highest BCUT2D eigenvalue weighted by Gasteiger charge is 2.12. The Kier molecular flexibility index (Phi) is 5.03. The van der Waals surface area contributed by atoms with E-state index in [0.717, 1.165) is 11.8 Å². The summed E-state index contributed by atoms with van der Waals surface area (Å²) in [5.41, 5.74) is 1.58. The van der Waals surface area contributed by atoms with E-state index in [4.69, 9.17) is 4.74 Å². The number of nitrogens with zero attached hydrogens (tertiary/aromatic N) is 1. The van der Waals surface area contributed by atoms with Gasteiger partial charge < -0.3 is 15.2 Å². The molecule has 2 N–H and O–H groups in total. The van der Waals surface area contributed by atoms with Crippen LogP contribution in [0.25, 0.3) is 0 Å². The lowest BCUT2D eigenvalue weighted by molar-refractivity contribution is 0.243. The second kappa shape index (κ2) is 6.98. The van der Waals surface area contributed by atoms with Crippen LogP contribution in [0.3, 0.4) is 0 Å². The van der Waals surface area contributed by atoms with Crippen LogP contribution in [0, 0.1) is 5.82 Å². The van der Waals surface area contributed by atoms with E-state index in [2.05, 4.69) is 10.3 Å². The zero-order valence-electron chi connectivity index (χ0n) is 11.2. The molecule has 0 amide bonds. The molecule has 0 saturated carbocycles. The number of aliphatic hydroxyl groups excluding tert-OH is 1. The maximum atomic E-state index is 13.2. The van der Waals surface area contributed by atoms with Gasteiger partial charge in [0.15, 0.2) is 0 Å². The van der Waals surface area contributed by atoms with Gasteiger partial charge in [0.05, 0.1) is 26.0 Å². The maximum absolute atomic E-state index is 13.2. The molecule has 106 valence electrons. The molecule has 20 heavy (non-hydrogen) atoms. The number of aliphatic hydroxyl groups is 1. The Hall–Kier alpha value is -1.98. The summed E-state index contributed by atoms with van der Waals surface area (Å²) < 4.78 is 18.3. The largest absolute Gasteiger partial charge is 0.481 e. The van der Waals surface area contributed by atoms with Gasteiger partial charge in [0, 0.05) is 12.1 Å². The topological polar surface area (TPSA) is 54.4 Å². The van der Waals surface area contributed by atoms with Gasteiger partial charge in [0.1, 0.15) is 5.82 Å². The van der Waals surface area contributed by atoms with Crippen molar-refractivity contribution in [1.82, 2.24) is 10.3 Å². The summed E-state index contributed by atoms with van der Waals surface area (Å²) in [7, 11) is 1.49. The van der Waals surface area contributed by atoms with Crippen LogP contribution in [-0.2, 0) is 6.54 Å². The summed E-state index contributed by atoms with van der Waals surface area (Å²) >= 11 is 0. The Morgan fingerprint density at radius 1 is 1.35 bits per heavy atom. The van der Waals surface area contributed by atoms with E-state index >= 15 is 0 Å². The van der Waals surface area contributed by atoms with Crippen LogP contribution in [0.1, 0.15) is 17.2 Å². The molecular formula is C15H17FN2O2. The minimum absolute atomic E-state index is 0.0466. The van der Waals surface area contributed by atoms with Gasteiger partial charge in [-0.15, -0.1) is 0 Å². The van der Waals surface area contributed by atoms with Crippen molar-refractivity contribution in [2.24, 2.45) is 0 Å². The van der Waals surface area contributed by atoms with Gasteiger partial charge in [-0.1, -0.05) is 30.3 Å². The van der Waals surface area contributed by atoms with Gasteiger partial charge in [-0.2, -0.15) is 0 Å². The summed E-state index contributed by atoms with van der Waals surface area (Å²) in [4.78, 5) is 3.87. The fraction of sp³-hybridized carbons (Fsp3) is 0.267. The standard InChI is InChI=1S/C15H17FN2O2/c1-20-15-12(7-13(16)9-18-15)8-17-14(10-19)11-5-3-2-4-6-11/h2-7,9,14,17,19H,8,10H2,1H3/t14-/m0/s1. The molecule has 0 unspecified atom stereocenters. The molecule has 0 aliphatic rings. The first kappa shape index (κ1) is 14.4. The molecule has 2 rings (SSSR count). The fourth-order valence-electron chi connectivity index (χ4n) is 1.99. The van der Waals surface area contributed by atoms with Crippen LogP contribution in [0.15, 0.2) is 42.6 Å². The highest BCUT2D eigenvalue weighted by molar-refractivity contribution is 5.26. The Balaban J connectivity index is 2.09. The molecule has 1 aromatic heterocycles. The third-order valence-corrected chi connectivity index (χ3v) is 3.01. The zero-order chi connectivity index (χ0) is 14.4. The molecule has 1 heterocycles. The van der Waals surface area contributed by atoms with E-state index < -0.39 is 5.82 Å². The SMILES string of the molecule is COc1ncc(F)cc1CN[C@@H](CO)c1ccccc1. The van der Waals surface area contributed by atoms with E-state index in [1.54, 1.807) is 0 Å². The van der Waals surface area contributed by atoms with Gasteiger partial charge in [-0.05, 0) is 11.6 Å². The first-order valence-corrected chi connectivity index (χ1v) is 6.32. The molecule has 4 nitrogen and oxygen atoms in total. The van der Waals surface area contributed by atoms with Gasteiger partial charge in [0.25, 0.3) is 0 Å². The van der Waals surface area contributed by atoms with Crippen LogP contribution in [0.5, 0.6) is 5.88 Å². The van der Waals surface area contributed by atoms with Crippen molar-refractivity contribution in [3.05, 3.63) is 59.5 Å². The normalized spacial score (nSPS) is 12.2. The van der Waals surface area contributed by atoms with E-state index in [-0.39, 0.29) is 12.6 Å². The van der Waals surface area contributed by atoms with Crippen LogP contribution >= 0.6 is 0 Å². The Labute approximate surface area is 117 Å². The second-order valence-corrected chi connectivity index (χ2v) is 4.35. The van der Waals surface area contributed by atoms with E-state index in [1.165, 1.54) is 13.2 Å². The molecule has 0 bridgehead atoms. The number of aromatic nitrogens is 1. The van der Waals surface area contributed by atoms with Crippen LogP contribution < -0.4 is 10.1 Å². The van der Waals surface area contributed by atoms with Crippen molar-refractivity contribution in [2.75, 3.05) is 13.7 Å². The number of hydrogen-bond donors (Lipinski definition) is 2. The average molecular weight is 276 g/mol. The van der Waals surface area contributed by atoms with Crippen molar-refractivity contribution < 1.29 is 14.2 Å².